The molecule has 2 rings (SSSR count). The van der Waals surface area contributed by atoms with E-state index in [-0.39, 0.29) is 24.4 Å². The molecule has 0 aliphatic carbocycles. The molecule has 0 spiro atoms. The molecule has 0 heterocycles. The van der Waals surface area contributed by atoms with Crippen molar-refractivity contribution < 1.29 is 19.2 Å². The molecule has 0 aliphatic rings. The molecule has 126 valence electrons. The summed E-state index contributed by atoms with van der Waals surface area (Å²) in [7, 11) is 0. The van der Waals surface area contributed by atoms with Crippen LogP contribution in [0.4, 0.5) is 10.1 Å². The van der Waals surface area contributed by atoms with E-state index in [1.165, 1.54) is 18.2 Å². The second-order valence-electron chi connectivity index (χ2n) is 4.80. The van der Waals surface area contributed by atoms with Gasteiger partial charge in [0.05, 0.1) is 10.5 Å². The lowest BCUT2D eigenvalue weighted by molar-refractivity contribution is -0.384. The molecule has 2 aromatic rings. The van der Waals surface area contributed by atoms with Gasteiger partial charge >= 0.3 is 0 Å². The van der Waals surface area contributed by atoms with Crippen LogP contribution in [0.2, 0.25) is 0 Å². The van der Waals surface area contributed by atoms with Gasteiger partial charge in [-0.1, -0.05) is 23.9 Å². The smallest absolute Gasteiger partial charge is 0.270 e. The Kier molecular flexibility index (Phi) is 6.28. The largest absolute Gasteiger partial charge is 0.396 e. The zero-order valence-electron chi connectivity index (χ0n) is 12.6. The number of nitro benzene ring substituents is 1. The molecular weight excluding hydrogens is 335 g/mol. The van der Waals surface area contributed by atoms with Crippen LogP contribution in [-0.2, 0) is 0 Å². The highest BCUT2D eigenvalue weighted by Crippen LogP contribution is 2.33. The second kappa shape index (κ2) is 8.42. The maximum absolute atomic E-state index is 13.8. The monoisotopic (exact) mass is 350 g/mol. The second-order valence-corrected chi connectivity index (χ2v) is 5.89. The van der Waals surface area contributed by atoms with Crippen LogP contribution in [0, 0.1) is 15.9 Å². The maximum Gasteiger partial charge on any atom is 0.270 e. The van der Waals surface area contributed by atoms with Gasteiger partial charge in [-0.2, -0.15) is 0 Å². The summed E-state index contributed by atoms with van der Waals surface area (Å²) in [6.45, 7) is 0.161. The number of nitrogens with one attached hydrogen (secondary N) is 1. The minimum Gasteiger partial charge on any atom is -0.396 e. The number of rotatable bonds is 7. The first-order chi connectivity index (χ1) is 11.5. The van der Waals surface area contributed by atoms with Crippen molar-refractivity contribution in [3.05, 3.63) is 64.0 Å². The van der Waals surface area contributed by atoms with Gasteiger partial charge in [-0.3, -0.25) is 14.9 Å². The molecule has 24 heavy (non-hydrogen) atoms. The number of aliphatic hydroxyl groups excluding tert-OH is 1. The third-order valence-electron chi connectivity index (χ3n) is 3.10. The number of halogens is 1. The number of amides is 1. The number of nitrogens with zero attached hydrogens (tertiary/aromatic N) is 1. The van der Waals surface area contributed by atoms with Crippen LogP contribution < -0.4 is 5.32 Å². The summed E-state index contributed by atoms with van der Waals surface area (Å²) in [6.07, 6.45) is 0.371. The number of non-ortho nitro benzene ring substituents is 1. The van der Waals surface area contributed by atoms with Crippen molar-refractivity contribution in [3.63, 3.8) is 0 Å². The first-order valence-electron chi connectivity index (χ1n) is 7.13. The van der Waals surface area contributed by atoms with E-state index in [9.17, 15) is 19.3 Å². The molecule has 0 saturated heterocycles. The van der Waals surface area contributed by atoms with Crippen molar-refractivity contribution in [2.75, 3.05) is 13.2 Å². The van der Waals surface area contributed by atoms with Crippen LogP contribution in [-0.4, -0.2) is 29.1 Å². The fourth-order valence-corrected chi connectivity index (χ4v) is 2.87. The topological polar surface area (TPSA) is 92.5 Å². The minimum absolute atomic E-state index is 0.0773. The predicted octanol–water partition coefficient (Wildman–Crippen LogP) is 3.00. The number of aliphatic hydroxyl groups is 1. The lowest BCUT2D eigenvalue weighted by Gasteiger charge is -2.10. The first-order valence-corrected chi connectivity index (χ1v) is 7.94. The molecule has 0 aliphatic heterocycles. The number of nitro groups is 1. The van der Waals surface area contributed by atoms with E-state index in [0.717, 1.165) is 17.8 Å². The van der Waals surface area contributed by atoms with Crippen LogP contribution in [0.3, 0.4) is 0 Å². The molecule has 8 heteroatoms. The molecule has 2 aromatic carbocycles. The van der Waals surface area contributed by atoms with E-state index in [2.05, 4.69) is 5.32 Å². The van der Waals surface area contributed by atoms with Crippen LogP contribution in [0.1, 0.15) is 16.8 Å². The lowest BCUT2D eigenvalue weighted by atomic mass is 10.2. The molecule has 0 atom stereocenters. The predicted molar refractivity (Wildman–Crippen MR) is 87.7 cm³/mol. The molecule has 1 amide bonds. The molecule has 0 bridgehead atoms. The number of carbonyl (C=O) groups is 1. The quantitative estimate of drug-likeness (QED) is 0.455. The van der Waals surface area contributed by atoms with Crippen LogP contribution >= 0.6 is 11.8 Å². The normalized spacial score (nSPS) is 10.4. The Hall–Kier alpha value is -2.45. The van der Waals surface area contributed by atoms with Gasteiger partial charge in [0.1, 0.15) is 5.82 Å². The van der Waals surface area contributed by atoms with Gasteiger partial charge in [-0.25, -0.2) is 4.39 Å². The maximum atomic E-state index is 13.8. The van der Waals surface area contributed by atoms with Gasteiger partial charge in [0.2, 0.25) is 0 Å². The highest BCUT2D eigenvalue weighted by atomic mass is 32.2. The van der Waals surface area contributed by atoms with Crippen LogP contribution in [0.25, 0.3) is 0 Å². The van der Waals surface area contributed by atoms with E-state index in [1.54, 1.807) is 18.2 Å². The Morgan fingerprint density at radius 3 is 2.67 bits per heavy atom. The Labute approximate surface area is 141 Å². The summed E-state index contributed by atoms with van der Waals surface area (Å²) in [5, 5.41) is 22.3. The molecule has 0 saturated carbocycles. The Morgan fingerprint density at radius 2 is 2.00 bits per heavy atom. The van der Waals surface area contributed by atoms with Gasteiger partial charge in [-0.15, -0.1) is 0 Å². The zero-order valence-corrected chi connectivity index (χ0v) is 13.4. The Morgan fingerprint density at radius 1 is 1.25 bits per heavy atom. The molecule has 0 fully saturated rings. The molecule has 0 radical (unpaired) electrons. The summed E-state index contributed by atoms with van der Waals surface area (Å²) >= 11 is 1.02. The molecule has 0 aromatic heterocycles. The first kappa shape index (κ1) is 17.9. The van der Waals surface area contributed by atoms with Crippen molar-refractivity contribution in [1.82, 2.24) is 5.32 Å². The van der Waals surface area contributed by atoms with Gasteiger partial charge in [-0.05, 0) is 24.6 Å². The zero-order chi connectivity index (χ0) is 17.5. The summed E-state index contributed by atoms with van der Waals surface area (Å²) in [4.78, 5) is 23.3. The average Bonchev–Trinajstić information content (AvgIpc) is 2.57. The number of benzene rings is 2. The molecule has 2 N–H and O–H groups in total. The molecular formula is C16H15FN2O4S. The van der Waals surface area contributed by atoms with E-state index in [1.807, 2.05) is 0 Å². The van der Waals surface area contributed by atoms with Gasteiger partial charge in [0.25, 0.3) is 11.6 Å². The fourth-order valence-electron chi connectivity index (χ4n) is 1.92. The van der Waals surface area contributed by atoms with Crippen molar-refractivity contribution in [1.29, 1.82) is 0 Å². The van der Waals surface area contributed by atoms with Crippen LogP contribution in [0.5, 0.6) is 0 Å². The SMILES string of the molecule is O=C(NCCCO)c1cc([N+](=O)[O-])ccc1Sc1ccccc1F. The lowest BCUT2D eigenvalue weighted by Crippen LogP contribution is -2.25. The summed E-state index contributed by atoms with van der Waals surface area (Å²) < 4.78 is 13.8. The summed E-state index contributed by atoms with van der Waals surface area (Å²) in [5.74, 6) is -0.946. The Balaban J connectivity index is 2.33. The van der Waals surface area contributed by atoms with Gasteiger partial charge < -0.3 is 10.4 Å². The third kappa shape index (κ3) is 4.53. The summed E-state index contributed by atoms with van der Waals surface area (Å²) in [6, 6.07) is 9.94. The average molecular weight is 350 g/mol. The van der Waals surface area contributed by atoms with Gasteiger partial charge in [0, 0.05) is 35.1 Å². The van der Waals surface area contributed by atoms with Gasteiger partial charge in [0.15, 0.2) is 0 Å². The van der Waals surface area contributed by atoms with E-state index < -0.39 is 16.6 Å². The van der Waals surface area contributed by atoms with Crippen molar-refractivity contribution in [2.24, 2.45) is 0 Å². The van der Waals surface area contributed by atoms with E-state index in [4.69, 9.17) is 5.11 Å². The highest BCUT2D eigenvalue weighted by molar-refractivity contribution is 7.99. The number of hydrogen-bond donors (Lipinski definition) is 2. The standard InChI is InChI=1S/C16H15FN2O4S/c17-13-4-1-2-5-15(13)24-14-7-6-11(19(22)23)10-12(14)16(21)18-8-3-9-20/h1-2,4-7,10,20H,3,8-9H2,(H,18,21). The van der Waals surface area contributed by atoms with Crippen molar-refractivity contribution in [3.8, 4) is 0 Å². The Bertz CT molecular complexity index is 755. The third-order valence-corrected chi connectivity index (χ3v) is 4.22. The van der Waals surface area contributed by atoms with Crippen molar-refractivity contribution in [2.45, 2.75) is 16.2 Å². The molecule has 6 nitrogen and oxygen atoms in total. The number of hydrogen-bond acceptors (Lipinski definition) is 5. The van der Waals surface area contributed by atoms with E-state index in [0.29, 0.717) is 16.2 Å². The van der Waals surface area contributed by atoms with Crippen molar-refractivity contribution >= 4 is 23.4 Å². The minimum atomic E-state index is -0.595. The highest BCUT2D eigenvalue weighted by Gasteiger charge is 2.18. The fraction of sp³-hybridized carbons (Fsp3) is 0.188. The van der Waals surface area contributed by atoms with Crippen LogP contribution in [0.15, 0.2) is 52.3 Å². The number of carbonyl (C=O) groups excluding carboxylic acids is 1. The van der Waals surface area contributed by atoms with E-state index >= 15 is 0 Å². The summed E-state index contributed by atoms with van der Waals surface area (Å²) in [5.41, 5.74) is -0.129. The molecule has 0 unspecified atom stereocenters.